The average Bonchev–Trinajstić information content (AvgIpc) is 2.46. The fraction of sp³-hybridized carbons (Fsp3) is 0.385. The van der Waals surface area contributed by atoms with Crippen LogP contribution in [0.25, 0.3) is 0 Å². The van der Waals surface area contributed by atoms with E-state index in [1.165, 1.54) is 0 Å². The van der Waals surface area contributed by atoms with Gasteiger partial charge in [0, 0.05) is 16.7 Å². The van der Waals surface area contributed by atoms with Gasteiger partial charge < -0.3 is 14.4 Å². The van der Waals surface area contributed by atoms with E-state index in [0.29, 0.717) is 31.9 Å². The van der Waals surface area contributed by atoms with Gasteiger partial charge in [-0.2, -0.15) is 0 Å². The number of morpholine rings is 1. The zero-order chi connectivity index (χ0) is 13.7. The van der Waals surface area contributed by atoms with Gasteiger partial charge in [-0.15, -0.1) is 0 Å². The molecule has 1 aromatic carbocycles. The molecule has 1 amide bonds. The number of hydrogen-bond donors (Lipinski definition) is 0. The Bertz CT molecular complexity index is 471. The Morgan fingerprint density at radius 2 is 1.95 bits per heavy atom. The lowest BCUT2D eigenvalue weighted by atomic mass is 10.2. The number of amides is 1. The highest BCUT2D eigenvalue weighted by Crippen LogP contribution is 2.12. The van der Waals surface area contributed by atoms with E-state index in [2.05, 4.69) is 22.6 Å². The molecule has 6 heteroatoms. The summed E-state index contributed by atoms with van der Waals surface area (Å²) < 4.78 is 11.0. The van der Waals surface area contributed by atoms with Crippen molar-refractivity contribution in [1.29, 1.82) is 0 Å². The van der Waals surface area contributed by atoms with Gasteiger partial charge in [0.15, 0.2) is 6.61 Å². The Hall–Kier alpha value is -1.15. The van der Waals surface area contributed by atoms with Crippen LogP contribution >= 0.6 is 22.6 Å². The van der Waals surface area contributed by atoms with Crippen molar-refractivity contribution >= 4 is 34.5 Å². The van der Waals surface area contributed by atoms with Crippen LogP contribution in [0.4, 0.5) is 0 Å². The predicted octanol–water partition coefficient (Wildman–Crippen LogP) is 1.31. The van der Waals surface area contributed by atoms with E-state index in [0.717, 1.165) is 3.57 Å². The minimum atomic E-state index is -0.466. The third-order valence-electron chi connectivity index (χ3n) is 2.78. The molecule has 5 nitrogen and oxygen atoms in total. The first-order valence-electron chi connectivity index (χ1n) is 5.95. The normalized spacial score (nSPS) is 15.1. The summed E-state index contributed by atoms with van der Waals surface area (Å²) in [6.07, 6.45) is 0. The minimum Gasteiger partial charge on any atom is -0.452 e. The molecule has 0 saturated carbocycles. The summed E-state index contributed by atoms with van der Waals surface area (Å²) in [5.74, 6) is -0.644. The molecule has 1 saturated heterocycles. The lowest BCUT2D eigenvalue weighted by molar-refractivity contribution is -0.138. The van der Waals surface area contributed by atoms with Crippen molar-refractivity contribution in [3.05, 3.63) is 33.4 Å². The number of benzene rings is 1. The number of ether oxygens (including phenoxy) is 2. The number of esters is 1. The zero-order valence-electron chi connectivity index (χ0n) is 10.3. The number of rotatable bonds is 3. The first-order valence-corrected chi connectivity index (χ1v) is 7.03. The van der Waals surface area contributed by atoms with Crippen LogP contribution in [-0.4, -0.2) is 49.7 Å². The van der Waals surface area contributed by atoms with Gasteiger partial charge in [0.05, 0.1) is 18.8 Å². The zero-order valence-corrected chi connectivity index (χ0v) is 12.5. The molecular formula is C13H14INO4. The maximum absolute atomic E-state index is 11.8. The molecule has 0 bridgehead atoms. The predicted molar refractivity (Wildman–Crippen MR) is 76.8 cm³/mol. The number of carbonyl (C=O) groups excluding carboxylic acids is 2. The molecule has 1 fully saturated rings. The Kier molecular flexibility index (Phi) is 5.15. The van der Waals surface area contributed by atoms with E-state index in [1.807, 2.05) is 12.1 Å². The fourth-order valence-corrected chi connectivity index (χ4v) is 2.34. The molecule has 0 aliphatic carbocycles. The Balaban J connectivity index is 1.86. The monoisotopic (exact) mass is 375 g/mol. The molecule has 0 atom stereocenters. The SMILES string of the molecule is O=C(OCC(=O)N1CCOCC1)c1ccccc1I. The van der Waals surface area contributed by atoms with Crippen LogP contribution in [0.3, 0.4) is 0 Å². The van der Waals surface area contributed by atoms with E-state index in [9.17, 15) is 9.59 Å². The third-order valence-corrected chi connectivity index (χ3v) is 3.72. The molecule has 1 aliphatic rings. The van der Waals surface area contributed by atoms with Crippen molar-refractivity contribution in [3.63, 3.8) is 0 Å². The van der Waals surface area contributed by atoms with Crippen LogP contribution < -0.4 is 0 Å². The van der Waals surface area contributed by atoms with Gasteiger partial charge in [0.25, 0.3) is 5.91 Å². The highest BCUT2D eigenvalue weighted by Gasteiger charge is 2.19. The van der Waals surface area contributed by atoms with E-state index in [1.54, 1.807) is 17.0 Å². The van der Waals surface area contributed by atoms with Gasteiger partial charge in [0.2, 0.25) is 0 Å². The Labute approximate surface area is 125 Å². The van der Waals surface area contributed by atoms with Crippen LogP contribution in [-0.2, 0) is 14.3 Å². The maximum Gasteiger partial charge on any atom is 0.339 e. The molecular weight excluding hydrogens is 361 g/mol. The van der Waals surface area contributed by atoms with Crippen LogP contribution in [0.2, 0.25) is 0 Å². The number of halogens is 1. The molecule has 0 spiro atoms. The van der Waals surface area contributed by atoms with E-state index in [4.69, 9.17) is 9.47 Å². The van der Waals surface area contributed by atoms with Crippen molar-refractivity contribution in [2.75, 3.05) is 32.9 Å². The average molecular weight is 375 g/mol. The van der Waals surface area contributed by atoms with Crippen molar-refractivity contribution in [2.45, 2.75) is 0 Å². The molecule has 0 radical (unpaired) electrons. The molecule has 102 valence electrons. The highest BCUT2D eigenvalue weighted by atomic mass is 127. The maximum atomic E-state index is 11.8. The van der Waals surface area contributed by atoms with Crippen molar-refractivity contribution in [3.8, 4) is 0 Å². The van der Waals surface area contributed by atoms with Crippen LogP contribution in [0.5, 0.6) is 0 Å². The van der Waals surface area contributed by atoms with Crippen LogP contribution in [0, 0.1) is 3.57 Å². The largest absolute Gasteiger partial charge is 0.452 e. The van der Waals surface area contributed by atoms with Gasteiger partial charge in [-0.05, 0) is 34.7 Å². The quantitative estimate of drug-likeness (QED) is 0.591. The molecule has 1 heterocycles. The van der Waals surface area contributed by atoms with Crippen LogP contribution in [0.1, 0.15) is 10.4 Å². The second-order valence-corrected chi connectivity index (χ2v) is 5.21. The molecule has 19 heavy (non-hydrogen) atoms. The van der Waals surface area contributed by atoms with Gasteiger partial charge in [-0.25, -0.2) is 4.79 Å². The standard InChI is InChI=1S/C13H14INO4/c14-11-4-2-1-3-10(11)13(17)19-9-12(16)15-5-7-18-8-6-15/h1-4H,5-9H2. The molecule has 1 aliphatic heterocycles. The number of nitrogens with zero attached hydrogens (tertiary/aromatic N) is 1. The summed E-state index contributed by atoms with van der Waals surface area (Å²) in [5, 5.41) is 0. The fourth-order valence-electron chi connectivity index (χ4n) is 1.74. The Morgan fingerprint density at radius 3 is 2.63 bits per heavy atom. The van der Waals surface area contributed by atoms with E-state index in [-0.39, 0.29) is 12.5 Å². The molecule has 0 unspecified atom stereocenters. The lowest BCUT2D eigenvalue weighted by Crippen LogP contribution is -2.42. The second kappa shape index (κ2) is 6.85. The summed E-state index contributed by atoms with van der Waals surface area (Å²) in [5.41, 5.74) is 0.484. The highest BCUT2D eigenvalue weighted by molar-refractivity contribution is 14.1. The van der Waals surface area contributed by atoms with Crippen molar-refractivity contribution in [1.82, 2.24) is 4.90 Å². The number of carbonyl (C=O) groups is 2. The minimum absolute atomic E-state index is 0.178. The third kappa shape index (κ3) is 3.90. The van der Waals surface area contributed by atoms with Gasteiger partial charge >= 0.3 is 5.97 Å². The van der Waals surface area contributed by atoms with Gasteiger partial charge in [0.1, 0.15) is 0 Å². The van der Waals surface area contributed by atoms with Gasteiger partial charge in [-0.3, -0.25) is 4.79 Å². The second-order valence-electron chi connectivity index (χ2n) is 4.05. The summed E-state index contributed by atoms with van der Waals surface area (Å²) in [4.78, 5) is 25.3. The lowest BCUT2D eigenvalue weighted by Gasteiger charge is -2.26. The van der Waals surface area contributed by atoms with E-state index >= 15 is 0 Å². The molecule has 1 aromatic rings. The first kappa shape index (κ1) is 14.3. The van der Waals surface area contributed by atoms with E-state index < -0.39 is 5.97 Å². The van der Waals surface area contributed by atoms with Crippen molar-refractivity contribution < 1.29 is 19.1 Å². The molecule has 0 N–H and O–H groups in total. The summed E-state index contributed by atoms with van der Waals surface area (Å²) in [6, 6.07) is 7.12. The van der Waals surface area contributed by atoms with Crippen LogP contribution in [0.15, 0.2) is 24.3 Å². The summed E-state index contributed by atoms with van der Waals surface area (Å²) >= 11 is 2.06. The topological polar surface area (TPSA) is 55.8 Å². The number of hydrogen-bond acceptors (Lipinski definition) is 4. The molecule has 0 aromatic heterocycles. The summed E-state index contributed by atoms with van der Waals surface area (Å²) in [7, 11) is 0. The smallest absolute Gasteiger partial charge is 0.339 e. The molecule has 2 rings (SSSR count). The first-order chi connectivity index (χ1) is 9.18. The summed E-state index contributed by atoms with van der Waals surface area (Å²) in [6.45, 7) is 1.97. The Morgan fingerprint density at radius 1 is 1.26 bits per heavy atom. The van der Waals surface area contributed by atoms with Gasteiger partial charge in [-0.1, -0.05) is 12.1 Å². The van der Waals surface area contributed by atoms with Crippen molar-refractivity contribution in [2.24, 2.45) is 0 Å².